The molecule has 2 aliphatic rings. The monoisotopic (exact) mass is 440 g/mol. The SMILES string of the molecule is CC(C(=O)Nc1ccc(C(F)(F)F)cc1)N1CCN(CC(=O)N2CCCCCC2)CC1. The zero-order valence-electron chi connectivity index (χ0n) is 18.0. The quantitative estimate of drug-likeness (QED) is 0.765. The first kappa shape index (κ1) is 23.5. The second kappa shape index (κ2) is 10.5. The van der Waals surface area contributed by atoms with Crippen LogP contribution in [0, 0.1) is 0 Å². The number of nitrogens with zero attached hydrogens (tertiary/aromatic N) is 3. The molecule has 0 aliphatic carbocycles. The van der Waals surface area contributed by atoms with Gasteiger partial charge in [-0.25, -0.2) is 0 Å². The van der Waals surface area contributed by atoms with E-state index in [0.717, 1.165) is 38.1 Å². The van der Waals surface area contributed by atoms with E-state index in [2.05, 4.69) is 10.2 Å². The first-order valence-corrected chi connectivity index (χ1v) is 11.0. The van der Waals surface area contributed by atoms with Crippen molar-refractivity contribution in [3.8, 4) is 0 Å². The first-order valence-electron chi connectivity index (χ1n) is 11.0. The van der Waals surface area contributed by atoms with Gasteiger partial charge in [0, 0.05) is 45.0 Å². The number of alkyl halides is 3. The molecule has 2 aliphatic heterocycles. The summed E-state index contributed by atoms with van der Waals surface area (Å²) in [7, 11) is 0. The largest absolute Gasteiger partial charge is 0.416 e. The fraction of sp³-hybridized carbons (Fsp3) is 0.636. The summed E-state index contributed by atoms with van der Waals surface area (Å²) < 4.78 is 38.0. The fourth-order valence-electron chi connectivity index (χ4n) is 4.08. The topological polar surface area (TPSA) is 55.9 Å². The van der Waals surface area contributed by atoms with Crippen LogP contribution in [0.25, 0.3) is 0 Å². The van der Waals surface area contributed by atoms with Crippen molar-refractivity contribution in [3.05, 3.63) is 29.8 Å². The van der Waals surface area contributed by atoms with Crippen LogP contribution in [0.5, 0.6) is 0 Å². The summed E-state index contributed by atoms with van der Waals surface area (Å²) in [5.41, 5.74) is -0.407. The summed E-state index contributed by atoms with van der Waals surface area (Å²) in [5.74, 6) is -0.0719. The number of amides is 2. The first-order chi connectivity index (χ1) is 14.7. The average Bonchev–Trinajstić information content (AvgIpc) is 3.03. The summed E-state index contributed by atoms with van der Waals surface area (Å²) in [6, 6.07) is 4.03. The molecule has 0 radical (unpaired) electrons. The fourth-order valence-corrected chi connectivity index (χ4v) is 4.08. The second-order valence-electron chi connectivity index (χ2n) is 8.35. The molecule has 172 valence electrons. The van der Waals surface area contributed by atoms with Gasteiger partial charge in [0.2, 0.25) is 11.8 Å². The van der Waals surface area contributed by atoms with Gasteiger partial charge >= 0.3 is 6.18 Å². The summed E-state index contributed by atoms with van der Waals surface area (Å²) in [5, 5.41) is 2.69. The summed E-state index contributed by atoms with van der Waals surface area (Å²) in [6.07, 6.45) is 0.129. The zero-order valence-corrected chi connectivity index (χ0v) is 18.0. The van der Waals surface area contributed by atoms with Crippen molar-refractivity contribution in [2.24, 2.45) is 0 Å². The Balaban J connectivity index is 1.44. The van der Waals surface area contributed by atoms with E-state index in [4.69, 9.17) is 0 Å². The Hall–Kier alpha value is -2.13. The molecule has 2 fully saturated rings. The summed E-state index contributed by atoms with van der Waals surface area (Å²) in [4.78, 5) is 31.2. The predicted molar refractivity (Wildman–Crippen MR) is 113 cm³/mol. The van der Waals surface area contributed by atoms with Gasteiger partial charge in [0.15, 0.2) is 0 Å². The van der Waals surface area contributed by atoms with Gasteiger partial charge in [-0.1, -0.05) is 12.8 Å². The Morgan fingerprint density at radius 2 is 1.52 bits per heavy atom. The molecule has 2 saturated heterocycles. The Morgan fingerprint density at radius 1 is 0.935 bits per heavy atom. The van der Waals surface area contributed by atoms with E-state index in [1.807, 2.05) is 9.80 Å². The Bertz CT molecular complexity index is 738. The number of nitrogens with one attached hydrogen (secondary N) is 1. The summed E-state index contributed by atoms with van der Waals surface area (Å²) in [6.45, 7) is 6.63. The molecular formula is C22H31F3N4O2. The van der Waals surface area contributed by atoms with Gasteiger partial charge in [0.1, 0.15) is 0 Å². The van der Waals surface area contributed by atoms with E-state index in [1.165, 1.54) is 25.0 Å². The van der Waals surface area contributed by atoms with Crippen LogP contribution < -0.4 is 5.32 Å². The highest BCUT2D eigenvalue weighted by atomic mass is 19.4. The molecule has 1 aromatic carbocycles. The summed E-state index contributed by atoms with van der Waals surface area (Å²) >= 11 is 0. The predicted octanol–water partition coefficient (Wildman–Crippen LogP) is 3.05. The van der Waals surface area contributed by atoms with Crippen LogP contribution in [0.4, 0.5) is 18.9 Å². The lowest BCUT2D eigenvalue weighted by molar-refractivity contribution is -0.137. The van der Waals surface area contributed by atoms with Crippen molar-refractivity contribution in [1.29, 1.82) is 0 Å². The number of likely N-dealkylation sites (tertiary alicyclic amines) is 1. The van der Waals surface area contributed by atoms with Crippen LogP contribution in [-0.4, -0.2) is 78.4 Å². The zero-order chi connectivity index (χ0) is 22.4. The normalized spacial score (nSPS) is 20.2. The lowest BCUT2D eigenvalue weighted by Gasteiger charge is -2.37. The van der Waals surface area contributed by atoms with Crippen LogP contribution >= 0.6 is 0 Å². The number of carbonyl (C=O) groups excluding carboxylic acids is 2. The second-order valence-corrected chi connectivity index (χ2v) is 8.35. The molecule has 1 N–H and O–H groups in total. The van der Waals surface area contributed by atoms with Crippen molar-refractivity contribution < 1.29 is 22.8 Å². The number of hydrogen-bond acceptors (Lipinski definition) is 4. The molecule has 6 nitrogen and oxygen atoms in total. The third-order valence-corrected chi connectivity index (χ3v) is 6.13. The Morgan fingerprint density at radius 3 is 2.06 bits per heavy atom. The van der Waals surface area contributed by atoms with Crippen molar-refractivity contribution in [1.82, 2.24) is 14.7 Å². The number of halogens is 3. The lowest BCUT2D eigenvalue weighted by atomic mass is 10.1. The highest BCUT2D eigenvalue weighted by molar-refractivity contribution is 5.94. The maximum atomic E-state index is 12.7. The molecule has 1 unspecified atom stereocenters. The van der Waals surface area contributed by atoms with E-state index in [9.17, 15) is 22.8 Å². The maximum Gasteiger partial charge on any atom is 0.416 e. The van der Waals surface area contributed by atoms with Crippen LogP contribution in [0.1, 0.15) is 38.2 Å². The molecule has 3 rings (SSSR count). The van der Waals surface area contributed by atoms with Crippen molar-refractivity contribution in [3.63, 3.8) is 0 Å². The molecule has 2 amide bonds. The van der Waals surface area contributed by atoms with Crippen molar-refractivity contribution in [2.75, 3.05) is 51.1 Å². The van der Waals surface area contributed by atoms with Crippen molar-refractivity contribution >= 4 is 17.5 Å². The number of hydrogen-bond donors (Lipinski definition) is 1. The van der Waals surface area contributed by atoms with Crippen LogP contribution in [-0.2, 0) is 15.8 Å². The third-order valence-electron chi connectivity index (χ3n) is 6.13. The standard InChI is InChI=1S/C22H31F3N4O2/c1-17(21(31)26-19-8-6-18(7-9-19)22(23,24)25)28-14-12-27(13-15-28)16-20(30)29-10-4-2-3-5-11-29/h6-9,17H,2-5,10-16H2,1H3,(H,26,31). The van der Waals surface area contributed by atoms with E-state index < -0.39 is 17.8 Å². The molecule has 9 heteroatoms. The van der Waals surface area contributed by atoms with Crippen LogP contribution in [0.2, 0.25) is 0 Å². The minimum Gasteiger partial charge on any atom is -0.342 e. The van der Waals surface area contributed by atoms with Crippen molar-refractivity contribution in [2.45, 2.75) is 44.8 Å². The maximum absolute atomic E-state index is 12.7. The average molecular weight is 441 g/mol. The van der Waals surface area contributed by atoms with E-state index in [1.54, 1.807) is 6.92 Å². The Kier molecular flexibility index (Phi) is 7.94. The minimum atomic E-state index is -4.40. The van der Waals surface area contributed by atoms with Gasteiger partial charge < -0.3 is 10.2 Å². The van der Waals surface area contributed by atoms with E-state index in [-0.39, 0.29) is 11.8 Å². The number of rotatable bonds is 5. The number of carbonyl (C=O) groups is 2. The van der Waals surface area contributed by atoms with E-state index in [0.29, 0.717) is 38.4 Å². The molecule has 0 saturated carbocycles. The molecule has 0 spiro atoms. The minimum absolute atomic E-state index is 0.184. The highest BCUT2D eigenvalue weighted by Gasteiger charge is 2.30. The molecule has 0 bridgehead atoms. The number of benzene rings is 1. The van der Waals surface area contributed by atoms with Gasteiger partial charge in [-0.3, -0.25) is 19.4 Å². The molecular weight excluding hydrogens is 409 g/mol. The number of piperazine rings is 1. The van der Waals surface area contributed by atoms with Gasteiger partial charge in [-0.15, -0.1) is 0 Å². The van der Waals surface area contributed by atoms with E-state index >= 15 is 0 Å². The van der Waals surface area contributed by atoms with Gasteiger partial charge in [0.25, 0.3) is 0 Å². The van der Waals surface area contributed by atoms with Crippen LogP contribution in [0.3, 0.4) is 0 Å². The third kappa shape index (κ3) is 6.67. The Labute approximate surface area is 181 Å². The molecule has 31 heavy (non-hydrogen) atoms. The highest BCUT2D eigenvalue weighted by Crippen LogP contribution is 2.29. The molecule has 2 heterocycles. The molecule has 1 aromatic rings. The lowest BCUT2D eigenvalue weighted by Crippen LogP contribution is -2.54. The van der Waals surface area contributed by atoms with Gasteiger partial charge in [-0.2, -0.15) is 13.2 Å². The smallest absolute Gasteiger partial charge is 0.342 e. The van der Waals surface area contributed by atoms with Gasteiger partial charge in [0.05, 0.1) is 18.2 Å². The molecule has 0 aromatic heterocycles. The van der Waals surface area contributed by atoms with Gasteiger partial charge in [-0.05, 0) is 44.0 Å². The number of anilines is 1. The molecule has 1 atom stereocenters. The van der Waals surface area contributed by atoms with Crippen LogP contribution in [0.15, 0.2) is 24.3 Å².